The van der Waals surface area contributed by atoms with Gasteiger partial charge in [0.25, 0.3) is 5.91 Å². The summed E-state index contributed by atoms with van der Waals surface area (Å²) in [7, 11) is 0. The van der Waals surface area contributed by atoms with Crippen molar-refractivity contribution in [2.75, 3.05) is 11.4 Å². The molecule has 112 valence electrons. The van der Waals surface area contributed by atoms with Crippen LogP contribution >= 0.6 is 15.9 Å². The van der Waals surface area contributed by atoms with E-state index in [1.165, 1.54) is 0 Å². The van der Waals surface area contributed by atoms with Crippen LogP contribution in [0.5, 0.6) is 0 Å². The van der Waals surface area contributed by atoms with E-state index in [0.717, 1.165) is 35.0 Å². The van der Waals surface area contributed by atoms with Crippen molar-refractivity contribution in [2.45, 2.75) is 38.6 Å². The van der Waals surface area contributed by atoms with E-state index in [2.05, 4.69) is 28.2 Å². The Morgan fingerprint density at radius 3 is 2.71 bits per heavy atom. The fourth-order valence-electron chi connectivity index (χ4n) is 3.11. The Bertz CT molecular complexity index is 612. The van der Waals surface area contributed by atoms with Crippen LogP contribution in [0, 0.1) is 5.92 Å². The van der Waals surface area contributed by atoms with Crippen LogP contribution in [-0.4, -0.2) is 23.9 Å². The van der Waals surface area contributed by atoms with Gasteiger partial charge in [-0.15, -0.1) is 0 Å². The zero-order valence-electron chi connectivity index (χ0n) is 12.3. The van der Waals surface area contributed by atoms with Crippen LogP contribution in [0.15, 0.2) is 22.7 Å². The minimum atomic E-state index is -0.743. The zero-order valence-corrected chi connectivity index (χ0v) is 13.9. The molecule has 1 aliphatic carbocycles. The first kappa shape index (κ1) is 14.6. The minimum Gasteiger partial charge on any atom is -0.340 e. The minimum absolute atomic E-state index is 0.0154. The van der Waals surface area contributed by atoms with Crippen molar-refractivity contribution >= 4 is 33.4 Å². The van der Waals surface area contributed by atoms with Crippen molar-refractivity contribution in [1.82, 2.24) is 5.32 Å². The van der Waals surface area contributed by atoms with Gasteiger partial charge in [-0.1, -0.05) is 22.9 Å². The number of piperazine rings is 1. The normalized spacial score (nSPS) is 26.0. The first-order valence-corrected chi connectivity index (χ1v) is 8.16. The lowest BCUT2D eigenvalue weighted by molar-refractivity contribution is -0.136. The number of benzene rings is 1. The molecule has 3 rings (SSSR count). The summed E-state index contributed by atoms with van der Waals surface area (Å²) in [6.45, 7) is 4.02. The zero-order chi connectivity index (χ0) is 15.2. The largest absolute Gasteiger partial charge is 0.340 e. The molecule has 1 aromatic rings. The second-order valence-electron chi connectivity index (χ2n) is 6.04. The second-order valence-corrected chi connectivity index (χ2v) is 6.96. The van der Waals surface area contributed by atoms with Crippen molar-refractivity contribution in [3.63, 3.8) is 0 Å². The van der Waals surface area contributed by atoms with Gasteiger partial charge in [0.15, 0.2) is 0 Å². The average Bonchev–Trinajstić information content (AvgIpc) is 3.27. The maximum absolute atomic E-state index is 12.9. The third kappa shape index (κ3) is 2.48. The molecule has 2 aliphatic rings. The first-order valence-electron chi connectivity index (χ1n) is 7.37. The summed E-state index contributed by atoms with van der Waals surface area (Å²) in [4.78, 5) is 26.7. The molecule has 2 amide bonds. The van der Waals surface area contributed by atoms with Crippen LogP contribution in [0.1, 0.15) is 32.3 Å². The number of aryl methyl sites for hydroxylation is 1. The van der Waals surface area contributed by atoms with Gasteiger partial charge in [-0.25, -0.2) is 0 Å². The summed E-state index contributed by atoms with van der Waals surface area (Å²) in [6, 6.07) is 5.86. The quantitative estimate of drug-likeness (QED) is 0.910. The number of carbonyl (C=O) groups excluding carboxylic acids is 2. The number of hydrogen-bond acceptors (Lipinski definition) is 2. The molecule has 1 heterocycles. The van der Waals surface area contributed by atoms with Crippen molar-refractivity contribution in [3.8, 4) is 0 Å². The Balaban J connectivity index is 2.01. The van der Waals surface area contributed by atoms with Crippen LogP contribution in [0.4, 0.5) is 5.69 Å². The summed E-state index contributed by atoms with van der Waals surface area (Å²) in [5.41, 5.74) is 1.19. The van der Waals surface area contributed by atoms with Gasteiger partial charge in [-0.05, 0) is 55.9 Å². The number of carbonyl (C=O) groups is 2. The number of amides is 2. The van der Waals surface area contributed by atoms with Crippen LogP contribution in [0.2, 0.25) is 0 Å². The van der Waals surface area contributed by atoms with Crippen molar-refractivity contribution in [3.05, 3.63) is 28.2 Å². The maximum Gasteiger partial charge on any atom is 0.253 e. The number of hydrogen-bond donors (Lipinski definition) is 1. The number of halogens is 1. The molecule has 4 nitrogen and oxygen atoms in total. The van der Waals surface area contributed by atoms with Gasteiger partial charge in [0.05, 0.1) is 0 Å². The molecule has 1 atom stereocenters. The summed E-state index contributed by atoms with van der Waals surface area (Å²) < 4.78 is 0.988. The van der Waals surface area contributed by atoms with Gasteiger partial charge >= 0.3 is 0 Å². The predicted octanol–water partition coefficient (Wildman–Crippen LogP) is 2.64. The Kier molecular flexibility index (Phi) is 3.56. The molecule has 0 spiro atoms. The molecule has 1 aromatic carbocycles. The first-order chi connectivity index (χ1) is 9.95. The number of rotatable bonds is 3. The number of nitrogens with one attached hydrogen (secondary N) is 1. The molecule has 21 heavy (non-hydrogen) atoms. The molecule has 1 unspecified atom stereocenters. The van der Waals surface area contributed by atoms with Crippen LogP contribution in [-0.2, 0) is 16.0 Å². The maximum atomic E-state index is 12.9. The molecule has 5 heteroatoms. The van der Waals surface area contributed by atoms with E-state index in [-0.39, 0.29) is 24.3 Å². The summed E-state index contributed by atoms with van der Waals surface area (Å²) in [5, 5.41) is 2.91. The SMILES string of the molecule is CCc1cc(Br)ccc1N1CC(=O)NC(C)(C2CC2)C1=O. The van der Waals surface area contributed by atoms with E-state index in [0.29, 0.717) is 0 Å². The van der Waals surface area contributed by atoms with Gasteiger partial charge < -0.3 is 10.2 Å². The van der Waals surface area contributed by atoms with Gasteiger partial charge in [-0.2, -0.15) is 0 Å². The second kappa shape index (κ2) is 5.13. The lowest BCUT2D eigenvalue weighted by Crippen LogP contribution is -2.66. The van der Waals surface area contributed by atoms with Crippen LogP contribution < -0.4 is 10.2 Å². The monoisotopic (exact) mass is 350 g/mol. The highest BCUT2D eigenvalue weighted by Crippen LogP contribution is 2.42. The summed E-state index contributed by atoms with van der Waals surface area (Å²) >= 11 is 3.46. The standard InChI is InChI=1S/C16H19BrN2O2/c1-3-10-8-12(17)6-7-13(10)19-9-14(20)18-16(2,15(19)21)11-4-5-11/h6-8,11H,3-5,9H2,1-2H3,(H,18,20). The van der Waals surface area contributed by atoms with Crippen molar-refractivity contribution in [2.24, 2.45) is 5.92 Å². The predicted molar refractivity (Wildman–Crippen MR) is 85.1 cm³/mol. The van der Waals surface area contributed by atoms with E-state index in [9.17, 15) is 9.59 Å². The molecule has 0 bridgehead atoms. The lowest BCUT2D eigenvalue weighted by atomic mass is 9.90. The molecule has 1 saturated carbocycles. The molecule has 0 aromatic heterocycles. The number of anilines is 1. The third-order valence-electron chi connectivity index (χ3n) is 4.50. The molecule has 1 saturated heterocycles. The van der Waals surface area contributed by atoms with Crippen LogP contribution in [0.3, 0.4) is 0 Å². The van der Waals surface area contributed by atoms with Crippen LogP contribution in [0.25, 0.3) is 0 Å². The van der Waals surface area contributed by atoms with Crippen molar-refractivity contribution in [1.29, 1.82) is 0 Å². The highest BCUT2D eigenvalue weighted by molar-refractivity contribution is 9.10. The van der Waals surface area contributed by atoms with Gasteiger partial charge in [0, 0.05) is 10.2 Å². The number of nitrogens with zero attached hydrogens (tertiary/aromatic N) is 1. The molecular formula is C16H19BrN2O2. The fraction of sp³-hybridized carbons (Fsp3) is 0.500. The Hall–Kier alpha value is -1.36. The molecule has 2 fully saturated rings. The van der Waals surface area contributed by atoms with Crippen molar-refractivity contribution < 1.29 is 9.59 Å². The van der Waals surface area contributed by atoms with Gasteiger partial charge in [-0.3, -0.25) is 9.59 Å². The fourth-order valence-corrected chi connectivity index (χ4v) is 3.52. The van der Waals surface area contributed by atoms with E-state index >= 15 is 0 Å². The third-order valence-corrected chi connectivity index (χ3v) is 4.99. The molecule has 0 radical (unpaired) electrons. The summed E-state index contributed by atoms with van der Waals surface area (Å²) in [5.74, 6) is 0.216. The highest BCUT2D eigenvalue weighted by Gasteiger charge is 2.53. The Morgan fingerprint density at radius 1 is 1.38 bits per heavy atom. The molecular weight excluding hydrogens is 332 g/mol. The van der Waals surface area contributed by atoms with Gasteiger partial charge in [0.2, 0.25) is 5.91 Å². The Morgan fingerprint density at radius 2 is 2.10 bits per heavy atom. The van der Waals surface area contributed by atoms with E-state index in [1.54, 1.807) is 4.90 Å². The van der Waals surface area contributed by atoms with E-state index in [4.69, 9.17) is 0 Å². The molecule has 1 N–H and O–H groups in total. The van der Waals surface area contributed by atoms with E-state index < -0.39 is 5.54 Å². The van der Waals surface area contributed by atoms with E-state index in [1.807, 2.05) is 25.1 Å². The highest BCUT2D eigenvalue weighted by atomic mass is 79.9. The molecule has 1 aliphatic heterocycles. The average molecular weight is 351 g/mol. The lowest BCUT2D eigenvalue weighted by Gasteiger charge is -2.40. The topological polar surface area (TPSA) is 49.4 Å². The summed E-state index contributed by atoms with van der Waals surface area (Å²) in [6.07, 6.45) is 2.84. The Labute approximate surface area is 133 Å². The van der Waals surface area contributed by atoms with Gasteiger partial charge in [0.1, 0.15) is 12.1 Å². The smallest absolute Gasteiger partial charge is 0.253 e.